The van der Waals surface area contributed by atoms with E-state index in [1.165, 1.54) is 22.6 Å². The van der Waals surface area contributed by atoms with E-state index in [0.29, 0.717) is 0 Å². The lowest BCUT2D eigenvalue weighted by Crippen LogP contribution is -2.51. The Balaban J connectivity index is 1.36. The van der Waals surface area contributed by atoms with Crippen LogP contribution in [0.15, 0.2) is 60.8 Å². The minimum Gasteiger partial charge on any atom is -0.372 e. The molecule has 0 aliphatic carbocycles. The smallest absolute Gasteiger partial charge is 0.321 e. The van der Waals surface area contributed by atoms with Gasteiger partial charge in [-0.2, -0.15) is 0 Å². The molecule has 2 aromatic carbocycles. The van der Waals surface area contributed by atoms with Crippen molar-refractivity contribution in [2.24, 2.45) is 0 Å². The zero-order valence-electron chi connectivity index (χ0n) is 16.9. The first-order valence-corrected chi connectivity index (χ1v) is 10.2. The summed E-state index contributed by atoms with van der Waals surface area (Å²) in [7, 11) is 0. The Kier molecular flexibility index (Phi) is 4.12. The number of anilines is 2. The monoisotopic (exact) mass is 386 g/mol. The van der Waals surface area contributed by atoms with E-state index in [2.05, 4.69) is 58.7 Å². The van der Waals surface area contributed by atoms with Gasteiger partial charge in [0.05, 0.1) is 16.9 Å². The van der Waals surface area contributed by atoms with Crippen LogP contribution in [0.4, 0.5) is 16.2 Å². The number of rotatable bonds is 1. The van der Waals surface area contributed by atoms with Gasteiger partial charge in [0.25, 0.3) is 0 Å². The lowest BCUT2D eigenvalue weighted by atomic mass is 9.82. The van der Waals surface area contributed by atoms with Crippen LogP contribution >= 0.6 is 0 Å². The molecule has 2 aliphatic rings. The lowest BCUT2D eigenvalue weighted by molar-refractivity contribution is 0.174. The van der Waals surface area contributed by atoms with E-state index < -0.39 is 0 Å². The number of para-hydroxylation sites is 1. The molecule has 1 fully saturated rings. The van der Waals surface area contributed by atoms with Gasteiger partial charge in [0.2, 0.25) is 0 Å². The second-order valence-corrected chi connectivity index (χ2v) is 8.22. The molecule has 1 spiro atoms. The van der Waals surface area contributed by atoms with Gasteiger partial charge in [0.15, 0.2) is 0 Å². The molecule has 5 nitrogen and oxygen atoms in total. The van der Waals surface area contributed by atoms with Gasteiger partial charge in [-0.15, -0.1) is 0 Å². The van der Waals surface area contributed by atoms with Crippen molar-refractivity contribution in [1.82, 2.24) is 9.47 Å². The predicted octanol–water partition coefficient (Wildman–Crippen LogP) is 5.04. The number of hydrogen-bond acceptors (Lipinski definition) is 2. The molecular weight excluding hydrogens is 360 g/mol. The van der Waals surface area contributed by atoms with Crippen molar-refractivity contribution in [2.45, 2.75) is 32.2 Å². The summed E-state index contributed by atoms with van der Waals surface area (Å²) >= 11 is 0. The number of nitrogens with one attached hydrogen (secondary N) is 2. The second kappa shape index (κ2) is 6.69. The SMILES string of the molecule is Cc1ccc2c(c1)NC1(CCN(C(=O)Nc3ccccc3C)CC1)c1cccn1-2. The van der Waals surface area contributed by atoms with Crippen molar-refractivity contribution in [2.75, 3.05) is 23.7 Å². The third-order valence-electron chi connectivity index (χ3n) is 6.32. The van der Waals surface area contributed by atoms with Crippen molar-refractivity contribution in [1.29, 1.82) is 0 Å². The Bertz CT molecular complexity index is 1080. The Morgan fingerprint density at radius 1 is 1.03 bits per heavy atom. The van der Waals surface area contributed by atoms with Gasteiger partial charge in [-0.1, -0.05) is 24.3 Å². The van der Waals surface area contributed by atoms with E-state index in [1.807, 2.05) is 36.1 Å². The predicted molar refractivity (Wildman–Crippen MR) is 117 cm³/mol. The highest BCUT2D eigenvalue weighted by molar-refractivity contribution is 5.90. The molecule has 0 unspecified atom stereocenters. The number of piperidine rings is 1. The number of benzene rings is 2. The Labute approximate surface area is 171 Å². The van der Waals surface area contributed by atoms with Crippen molar-refractivity contribution >= 4 is 17.4 Å². The molecule has 2 amide bonds. The van der Waals surface area contributed by atoms with E-state index >= 15 is 0 Å². The Hall–Kier alpha value is -3.21. The largest absolute Gasteiger partial charge is 0.372 e. The molecule has 3 heterocycles. The fraction of sp³-hybridized carbons (Fsp3) is 0.292. The second-order valence-electron chi connectivity index (χ2n) is 8.22. The molecule has 1 aromatic heterocycles. The zero-order valence-corrected chi connectivity index (χ0v) is 16.9. The lowest BCUT2D eigenvalue weighted by Gasteiger charge is -2.46. The van der Waals surface area contributed by atoms with Gasteiger partial charge in [-0.25, -0.2) is 4.79 Å². The minimum atomic E-state index is -0.135. The van der Waals surface area contributed by atoms with Gasteiger partial charge in [-0.3, -0.25) is 0 Å². The van der Waals surface area contributed by atoms with Crippen molar-refractivity contribution in [3.63, 3.8) is 0 Å². The van der Waals surface area contributed by atoms with Crippen molar-refractivity contribution < 1.29 is 4.79 Å². The van der Waals surface area contributed by atoms with Gasteiger partial charge < -0.3 is 20.1 Å². The number of likely N-dealkylation sites (tertiary alicyclic amines) is 1. The summed E-state index contributed by atoms with van der Waals surface area (Å²) in [5.41, 5.74) is 6.72. The van der Waals surface area contributed by atoms with Crippen LogP contribution in [0.5, 0.6) is 0 Å². The highest BCUT2D eigenvalue weighted by Crippen LogP contribution is 2.43. The fourth-order valence-electron chi connectivity index (χ4n) is 4.64. The number of amides is 2. The average Bonchev–Trinajstić information content (AvgIpc) is 3.21. The summed E-state index contributed by atoms with van der Waals surface area (Å²) in [6.45, 7) is 5.58. The Morgan fingerprint density at radius 3 is 2.62 bits per heavy atom. The van der Waals surface area contributed by atoms with E-state index in [1.54, 1.807) is 0 Å². The van der Waals surface area contributed by atoms with Crippen LogP contribution in [0.1, 0.15) is 29.7 Å². The normalized spacial score (nSPS) is 16.7. The van der Waals surface area contributed by atoms with E-state index in [-0.39, 0.29) is 11.6 Å². The van der Waals surface area contributed by atoms with Crippen LogP contribution < -0.4 is 10.6 Å². The van der Waals surface area contributed by atoms with Crippen molar-refractivity contribution in [3.8, 4) is 5.69 Å². The standard InChI is InChI=1S/C24H26N4O/c1-17-9-10-21-20(16-17)26-24(22-8-5-13-28(21)22)11-14-27(15-12-24)23(29)25-19-7-4-3-6-18(19)2/h3-10,13,16,26H,11-12,14-15H2,1-2H3,(H,25,29). The molecule has 0 atom stereocenters. The summed E-state index contributed by atoms with van der Waals surface area (Å²) in [5.74, 6) is 0. The first-order chi connectivity index (χ1) is 14.1. The Morgan fingerprint density at radius 2 is 1.83 bits per heavy atom. The van der Waals surface area contributed by atoms with Gasteiger partial charge in [0.1, 0.15) is 0 Å². The van der Waals surface area contributed by atoms with Crippen molar-refractivity contribution in [3.05, 3.63) is 77.6 Å². The molecule has 2 N–H and O–H groups in total. The number of fused-ring (bicyclic) bond motifs is 4. The molecule has 3 aromatic rings. The topological polar surface area (TPSA) is 49.3 Å². The first kappa shape index (κ1) is 17.9. The molecule has 2 aliphatic heterocycles. The van der Waals surface area contributed by atoms with Crippen LogP contribution in [0, 0.1) is 13.8 Å². The van der Waals surface area contributed by atoms with Crippen LogP contribution in [0.3, 0.4) is 0 Å². The molecule has 5 rings (SSSR count). The average molecular weight is 386 g/mol. The molecular formula is C24H26N4O. The van der Waals surface area contributed by atoms with Crippen LogP contribution in [0.25, 0.3) is 5.69 Å². The summed E-state index contributed by atoms with van der Waals surface area (Å²) in [4.78, 5) is 14.7. The molecule has 1 saturated heterocycles. The third kappa shape index (κ3) is 2.97. The highest BCUT2D eigenvalue weighted by Gasteiger charge is 2.42. The maximum absolute atomic E-state index is 12.8. The quantitative estimate of drug-likeness (QED) is 0.615. The summed E-state index contributed by atoms with van der Waals surface area (Å²) in [6.07, 6.45) is 3.90. The number of carbonyl (C=O) groups excluding carboxylic acids is 1. The summed E-state index contributed by atoms with van der Waals surface area (Å²) in [6, 6.07) is 18.8. The number of urea groups is 1. The van der Waals surface area contributed by atoms with E-state index in [9.17, 15) is 4.79 Å². The van der Waals surface area contributed by atoms with Gasteiger partial charge >= 0.3 is 6.03 Å². The molecule has 0 bridgehead atoms. The zero-order chi connectivity index (χ0) is 20.0. The minimum absolute atomic E-state index is 0.0170. The maximum atomic E-state index is 12.8. The number of carbonyl (C=O) groups is 1. The van der Waals surface area contributed by atoms with E-state index in [4.69, 9.17) is 0 Å². The van der Waals surface area contributed by atoms with Crippen LogP contribution in [-0.4, -0.2) is 28.6 Å². The van der Waals surface area contributed by atoms with Crippen LogP contribution in [-0.2, 0) is 5.54 Å². The molecule has 0 radical (unpaired) electrons. The fourth-order valence-corrected chi connectivity index (χ4v) is 4.64. The van der Waals surface area contributed by atoms with Gasteiger partial charge in [0, 0.05) is 30.7 Å². The molecule has 5 heteroatoms. The maximum Gasteiger partial charge on any atom is 0.321 e. The van der Waals surface area contributed by atoms with Gasteiger partial charge in [-0.05, 0) is 68.1 Å². The number of aromatic nitrogens is 1. The first-order valence-electron chi connectivity index (χ1n) is 10.2. The molecule has 148 valence electrons. The van der Waals surface area contributed by atoms with E-state index in [0.717, 1.165) is 37.2 Å². The number of aryl methyl sites for hydroxylation is 2. The third-order valence-corrected chi connectivity index (χ3v) is 6.32. The molecule has 0 saturated carbocycles. The number of hydrogen-bond donors (Lipinski definition) is 2. The van der Waals surface area contributed by atoms with Crippen LogP contribution in [0.2, 0.25) is 0 Å². The molecule has 29 heavy (non-hydrogen) atoms. The summed E-state index contributed by atoms with van der Waals surface area (Å²) < 4.78 is 2.30. The highest BCUT2D eigenvalue weighted by atomic mass is 16.2. The summed E-state index contributed by atoms with van der Waals surface area (Å²) in [5, 5.41) is 6.90. The number of nitrogens with zero attached hydrogens (tertiary/aromatic N) is 2.